The Bertz CT molecular complexity index is 307. The maximum Gasteiger partial charge on any atom is 0.0590 e. The third kappa shape index (κ3) is 4.98. The van der Waals surface area contributed by atoms with Gasteiger partial charge in [0.1, 0.15) is 0 Å². The van der Waals surface area contributed by atoms with Crippen LogP contribution in [-0.4, -0.2) is 19.8 Å². The molecule has 0 fully saturated rings. The van der Waals surface area contributed by atoms with E-state index in [4.69, 9.17) is 16.3 Å². The number of ether oxygens (including phenoxy) is 1. The summed E-state index contributed by atoms with van der Waals surface area (Å²) in [5, 5.41) is 4.07. The van der Waals surface area contributed by atoms with E-state index in [1.54, 1.807) is 0 Å². The lowest BCUT2D eigenvalue weighted by molar-refractivity contribution is 0.149. The zero-order valence-corrected chi connectivity index (χ0v) is 11.1. The average Bonchev–Trinajstić information content (AvgIpc) is 2.23. The quantitative estimate of drug-likeness (QED) is 0.813. The highest BCUT2D eigenvalue weighted by molar-refractivity contribution is 9.10. The Morgan fingerprint density at radius 1 is 1.47 bits per heavy atom. The van der Waals surface area contributed by atoms with E-state index in [1.807, 2.05) is 25.1 Å². The van der Waals surface area contributed by atoms with Crippen molar-refractivity contribution in [2.24, 2.45) is 0 Å². The van der Waals surface area contributed by atoms with E-state index in [2.05, 4.69) is 21.2 Å². The molecule has 15 heavy (non-hydrogen) atoms. The topological polar surface area (TPSA) is 21.3 Å². The number of hydrogen-bond donors (Lipinski definition) is 1. The first-order valence-corrected chi connectivity index (χ1v) is 6.13. The highest BCUT2D eigenvalue weighted by Crippen LogP contribution is 2.20. The Hall–Kier alpha value is -0.0900. The summed E-state index contributed by atoms with van der Waals surface area (Å²) in [6.07, 6.45) is 0. The Morgan fingerprint density at radius 3 is 3.00 bits per heavy atom. The van der Waals surface area contributed by atoms with Crippen molar-refractivity contribution in [1.82, 2.24) is 5.32 Å². The van der Waals surface area contributed by atoms with Crippen LogP contribution in [0.5, 0.6) is 0 Å². The average molecular weight is 293 g/mol. The molecule has 4 heteroatoms. The lowest BCUT2D eigenvalue weighted by atomic mass is 10.2. The molecular formula is C11H15BrClNO. The Morgan fingerprint density at radius 2 is 2.27 bits per heavy atom. The van der Waals surface area contributed by atoms with Crippen LogP contribution in [0.1, 0.15) is 12.5 Å². The summed E-state index contributed by atoms with van der Waals surface area (Å²) in [5.74, 6) is 0. The van der Waals surface area contributed by atoms with Gasteiger partial charge < -0.3 is 10.1 Å². The molecule has 0 atom stereocenters. The van der Waals surface area contributed by atoms with Gasteiger partial charge in [-0.25, -0.2) is 0 Å². The van der Waals surface area contributed by atoms with Gasteiger partial charge >= 0.3 is 0 Å². The van der Waals surface area contributed by atoms with Gasteiger partial charge in [-0.15, -0.1) is 0 Å². The molecule has 0 saturated carbocycles. The van der Waals surface area contributed by atoms with Gasteiger partial charge in [0, 0.05) is 29.2 Å². The van der Waals surface area contributed by atoms with Crippen molar-refractivity contribution in [2.45, 2.75) is 13.5 Å². The van der Waals surface area contributed by atoms with Crippen LogP contribution >= 0.6 is 27.5 Å². The van der Waals surface area contributed by atoms with E-state index in [0.29, 0.717) is 0 Å². The normalized spacial score (nSPS) is 10.6. The zero-order valence-electron chi connectivity index (χ0n) is 8.72. The molecule has 0 aliphatic rings. The van der Waals surface area contributed by atoms with Crippen molar-refractivity contribution in [3.8, 4) is 0 Å². The lowest BCUT2D eigenvalue weighted by Crippen LogP contribution is -2.19. The molecule has 0 amide bonds. The summed E-state index contributed by atoms with van der Waals surface area (Å²) in [6, 6.07) is 5.85. The third-order valence-electron chi connectivity index (χ3n) is 1.95. The Kier molecular flexibility index (Phi) is 6.25. The highest BCUT2D eigenvalue weighted by Gasteiger charge is 2.00. The largest absolute Gasteiger partial charge is 0.380 e. The predicted octanol–water partition coefficient (Wildman–Crippen LogP) is 3.23. The molecule has 2 nitrogen and oxygen atoms in total. The monoisotopic (exact) mass is 291 g/mol. The first-order chi connectivity index (χ1) is 7.24. The minimum Gasteiger partial charge on any atom is -0.380 e. The molecule has 0 unspecified atom stereocenters. The van der Waals surface area contributed by atoms with Crippen LogP contribution in [0.3, 0.4) is 0 Å². The number of benzene rings is 1. The minimum atomic E-state index is 0.738. The number of rotatable bonds is 6. The molecule has 0 bridgehead atoms. The molecular weight excluding hydrogens is 277 g/mol. The first kappa shape index (κ1) is 13.0. The van der Waals surface area contributed by atoms with E-state index in [1.165, 1.54) is 0 Å². The van der Waals surface area contributed by atoms with E-state index < -0.39 is 0 Å². The van der Waals surface area contributed by atoms with Crippen molar-refractivity contribution >= 4 is 27.5 Å². The van der Waals surface area contributed by atoms with Crippen molar-refractivity contribution in [1.29, 1.82) is 0 Å². The fourth-order valence-electron chi connectivity index (χ4n) is 1.19. The van der Waals surface area contributed by atoms with E-state index in [0.717, 1.165) is 41.4 Å². The fourth-order valence-corrected chi connectivity index (χ4v) is 1.78. The second-order valence-corrected chi connectivity index (χ2v) is 4.43. The molecule has 1 rings (SSSR count). The van der Waals surface area contributed by atoms with Crippen LogP contribution in [0.4, 0.5) is 0 Å². The van der Waals surface area contributed by atoms with Gasteiger partial charge in [0.2, 0.25) is 0 Å². The maximum atomic E-state index is 6.04. The summed E-state index contributed by atoms with van der Waals surface area (Å²) in [6.45, 7) is 5.11. The molecule has 0 spiro atoms. The molecule has 0 aliphatic carbocycles. The molecule has 0 heterocycles. The van der Waals surface area contributed by atoms with Crippen LogP contribution in [0, 0.1) is 0 Å². The van der Waals surface area contributed by atoms with Crippen molar-refractivity contribution in [3.05, 3.63) is 33.3 Å². The third-order valence-corrected chi connectivity index (χ3v) is 2.81. The van der Waals surface area contributed by atoms with Gasteiger partial charge in [-0.1, -0.05) is 27.5 Å². The molecule has 0 aliphatic heterocycles. The van der Waals surface area contributed by atoms with Gasteiger partial charge in [0.15, 0.2) is 0 Å². The second-order valence-electron chi connectivity index (χ2n) is 3.11. The number of hydrogen-bond acceptors (Lipinski definition) is 2. The molecule has 1 aromatic rings. The predicted molar refractivity (Wildman–Crippen MR) is 67.4 cm³/mol. The number of nitrogens with one attached hydrogen (secondary N) is 1. The van der Waals surface area contributed by atoms with Crippen LogP contribution in [0.25, 0.3) is 0 Å². The summed E-state index contributed by atoms with van der Waals surface area (Å²) in [4.78, 5) is 0. The Labute approximate surface area is 104 Å². The van der Waals surface area contributed by atoms with E-state index in [9.17, 15) is 0 Å². The standard InChI is InChI=1S/C11H15BrClNO/c1-2-15-6-5-14-8-9-7-10(12)3-4-11(9)13/h3-4,7,14H,2,5-6,8H2,1H3. The summed E-state index contributed by atoms with van der Waals surface area (Å²) < 4.78 is 6.27. The SMILES string of the molecule is CCOCCNCc1cc(Br)ccc1Cl. The molecule has 1 N–H and O–H groups in total. The van der Waals surface area contributed by atoms with Crippen molar-refractivity contribution < 1.29 is 4.74 Å². The zero-order chi connectivity index (χ0) is 11.1. The minimum absolute atomic E-state index is 0.738. The van der Waals surface area contributed by atoms with Crippen LogP contribution in [0.15, 0.2) is 22.7 Å². The lowest BCUT2D eigenvalue weighted by Gasteiger charge is -2.07. The van der Waals surface area contributed by atoms with Crippen LogP contribution in [0.2, 0.25) is 5.02 Å². The van der Waals surface area contributed by atoms with Gasteiger partial charge in [-0.2, -0.15) is 0 Å². The maximum absolute atomic E-state index is 6.04. The fraction of sp³-hybridized carbons (Fsp3) is 0.455. The van der Waals surface area contributed by atoms with E-state index in [-0.39, 0.29) is 0 Å². The smallest absolute Gasteiger partial charge is 0.0590 e. The molecule has 1 aromatic carbocycles. The van der Waals surface area contributed by atoms with E-state index >= 15 is 0 Å². The summed E-state index contributed by atoms with van der Waals surface area (Å²) in [5.41, 5.74) is 1.10. The molecule has 0 radical (unpaired) electrons. The highest BCUT2D eigenvalue weighted by atomic mass is 79.9. The first-order valence-electron chi connectivity index (χ1n) is 4.96. The van der Waals surface area contributed by atoms with Gasteiger partial charge in [0.05, 0.1) is 6.61 Å². The van der Waals surface area contributed by atoms with Crippen molar-refractivity contribution in [3.63, 3.8) is 0 Å². The molecule has 0 saturated heterocycles. The van der Waals surface area contributed by atoms with Gasteiger partial charge in [-0.05, 0) is 30.7 Å². The molecule has 0 aromatic heterocycles. The van der Waals surface area contributed by atoms with Gasteiger partial charge in [0.25, 0.3) is 0 Å². The second kappa shape index (κ2) is 7.23. The number of halogens is 2. The summed E-state index contributed by atoms with van der Waals surface area (Å²) >= 11 is 9.46. The summed E-state index contributed by atoms with van der Waals surface area (Å²) in [7, 11) is 0. The van der Waals surface area contributed by atoms with Crippen molar-refractivity contribution in [2.75, 3.05) is 19.8 Å². The molecule has 84 valence electrons. The van der Waals surface area contributed by atoms with Crippen LogP contribution in [-0.2, 0) is 11.3 Å². The van der Waals surface area contributed by atoms with Gasteiger partial charge in [-0.3, -0.25) is 0 Å². The Balaban J connectivity index is 2.33. The van der Waals surface area contributed by atoms with Crippen LogP contribution < -0.4 is 5.32 Å².